The van der Waals surface area contributed by atoms with E-state index in [-0.39, 0.29) is 23.5 Å². The summed E-state index contributed by atoms with van der Waals surface area (Å²) in [5, 5.41) is 1.64. The summed E-state index contributed by atoms with van der Waals surface area (Å²) in [6.45, 7) is 14.8. The number of amides is 2. The number of nitrogens with zero attached hydrogens (tertiary/aromatic N) is 6. The van der Waals surface area contributed by atoms with Crippen LogP contribution in [0.15, 0.2) is 52.3 Å². The average molecular weight is 594 g/mol. The minimum absolute atomic E-state index is 0.0362. The molecule has 1 aromatic rings. The van der Waals surface area contributed by atoms with Gasteiger partial charge < -0.3 is 19.4 Å². The van der Waals surface area contributed by atoms with Crippen LogP contribution in [0.2, 0.25) is 0 Å². The van der Waals surface area contributed by atoms with Gasteiger partial charge in [0.05, 0.1) is 23.4 Å². The molecule has 1 spiro atoms. The fourth-order valence-corrected chi connectivity index (χ4v) is 6.47. The third-order valence-corrected chi connectivity index (χ3v) is 8.83. The van der Waals surface area contributed by atoms with Crippen LogP contribution in [0.1, 0.15) is 60.3 Å². The molecule has 0 aliphatic carbocycles. The van der Waals surface area contributed by atoms with Gasteiger partial charge in [-0.1, -0.05) is 19.4 Å². The Morgan fingerprint density at radius 2 is 1.93 bits per heavy atom. The van der Waals surface area contributed by atoms with Crippen LogP contribution in [0.5, 0.6) is 0 Å². The molecule has 2 amide bonds. The summed E-state index contributed by atoms with van der Waals surface area (Å²) in [6.07, 6.45) is 6.85. The Morgan fingerprint density at radius 3 is 2.58 bits per heavy atom. The van der Waals surface area contributed by atoms with Gasteiger partial charge in [0.15, 0.2) is 0 Å². The fourth-order valence-electron chi connectivity index (χ4n) is 6.47. The average Bonchev–Trinajstić information content (AvgIpc) is 3.08. The second-order valence-corrected chi connectivity index (χ2v) is 12.6. The molecule has 0 saturated carbocycles. The number of carbonyl (C=O) groups excluding carboxylic acids is 2. The molecular weight excluding hydrogens is 542 g/mol. The van der Waals surface area contributed by atoms with E-state index >= 15 is 0 Å². The van der Waals surface area contributed by atoms with Crippen molar-refractivity contribution in [2.24, 2.45) is 10.8 Å². The molecule has 1 aromatic carbocycles. The highest BCUT2D eigenvalue weighted by Gasteiger charge is 2.45. The van der Waals surface area contributed by atoms with Gasteiger partial charge in [0.1, 0.15) is 6.10 Å². The lowest BCUT2D eigenvalue weighted by Crippen LogP contribution is -2.62. The number of ether oxygens (including phenoxy) is 1. The lowest BCUT2D eigenvalue weighted by molar-refractivity contribution is -0.192. The number of aliphatic imine (C=N–C) groups is 1. The molecule has 3 aliphatic rings. The van der Waals surface area contributed by atoms with E-state index in [1.807, 2.05) is 54.2 Å². The van der Waals surface area contributed by atoms with E-state index in [0.717, 1.165) is 74.5 Å². The SMILES string of the molecule is CCCC1=C(/C=N\C)C(=O)N(c2cccc(N(N)/C=C(\C)CN3CCC4(CC3)CN(C(C)C)C(=O)C(C)O4)c2)CCN1C. The van der Waals surface area contributed by atoms with Crippen LogP contribution in [0, 0.1) is 0 Å². The van der Waals surface area contributed by atoms with Gasteiger partial charge in [0, 0.05) is 76.7 Å². The van der Waals surface area contributed by atoms with E-state index in [2.05, 4.69) is 42.5 Å². The van der Waals surface area contributed by atoms with E-state index in [1.165, 1.54) is 0 Å². The molecule has 1 unspecified atom stereocenters. The zero-order valence-corrected chi connectivity index (χ0v) is 27.2. The molecular formula is C33H51N7O3. The van der Waals surface area contributed by atoms with Crippen molar-refractivity contribution >= 4 is 29.4 Å². The van der Waals surface area contributed by atoms with Crippen LogP contribution in [0.4, 0.5) is 11.4 Å². The highest BCUT2D eigenvalue weighted by atomic mass is 16.5. The zero-order valence-electron chi connectivity index (χ0n) is 27.2. The Labute approximate surface area is 257 Å². The Kier molecular flexibility index (Phi) is 10.7. The maximum Gasteiger partial charge on any atom is 0.261 e. The molecule has 4 rings (SSSR count). The molecule has 10 heteroatoms. The smallest absolute Gasteiger partial charge is 0.261 e. The quantitative estimate of drug-likeness (QED) is 0.264. The van der Waals surface area contributed by atoms with Crippen LogP contribution in [0.3, 0.4) is 0 Å². The van der Waals surface area contributed by atoms with E-state index in [1.54, 1.807) is 18.3 Å². The van der Waals surface area contributed by atoms with Crippen molar-refractivity contribution in [2.45, 2.75) is 78.0 Å². The number of morpholine rings is 1. The Bertz CT molecular complexity index is 1250. The Hall–Kier alpha value is -3.21. The zero-order chi connectivity index (χ0) is 31.3. The number of carbonyl (C=O) groups is 2. The molecule has 2 saturated heterocycles. The van der Waals surface area contributed by atoms with Crippen molar-refractivity contribution in [1.82, 2.24) is 14.7 Å². The highest BCUT2D eigenvalue weighted by molar-refractivity contribution is 6.19. The molecule has 43 heavy (non-hydrogen) atoms. The third kappa shape index (κ3) is 7.48. The van der Waals surface area contributed by atoms with E-state index in [9.17, 15) is 9.59 Å². The topological polar surface area (TPSA) is 97.9 Å². The summed E-state index contributed by atoms with van der Waals surface area (Å²) in [7, 11) is 3.75. The van der Waals surface area contributed by atoms with Crippen LogP contribution in [-0.2, 0) is 14.3 Å². The molecule has 0 radical (unpaired) electrons. The Balaban J connectivity index is 1.42. The van der Waals surface area contributed by atoms with Gasteiger partial charge in [0.2, 0.25) is 0 Å². The summed E-state index contributed by atoms with van der Waals surface area (Å²) in [5.41, 5.74) is 4.19. The van der Waals surface area contributed by atoms with Crippen LogP contribution in [-0.4, -0.2) is 104 Å². The number of benzene rings is 1. The first-order valence-corrected chi connectivity index (χ1v) is 15.7. The molecule has 3 heterocycles. The van der Waals surface area contributed by atoms with Crippen molar-refractivity contribution in [3.63, 3.8) is 0 Å². The number of nitrogens with two attached hydrogens (primary N) is 1. The first-order valence-electron chi connectivity index (χ1n) is 15.7. The number of likely N-dealkylation sites (tertiary alicyclic amines) is 1. The van der Waals surface area contributed by atoms with Gasteiger partial charge in [0.25, 0.3) is 11.8 Å². The van der Waals surface area contributed by atoms with Gasteiger partial charge in [-0.2, -0.15) is 0 Å². The number of rotatable bonds is 9. The number of hydrazine groups is 1. The van der Waals surface area contributed by atoms with Crippen molar-refractivity contribution in [3.8, 4) is 0 Å². The monoisotopic (exact) mass is 593 g/mol. The minimum atomic E-state index is -0.391. The predicted molar refractivity (Wildman–Crippen MR) is 174 cm³/mol. The number of likely N-dealkylation sites (N-methyl/N-ethyl adjacent to an activating group) is 1. The van der Waals surface area contributed by atoms with E-state index < -0.39 is 6.10 Å². The fraction of sp³-hybridized carbons (Fsp3) is 0.606. The summed E-state index contributed by atoms with van der Waals surface area (Å²) in [4.78, 5) is 38.9. The summed E-state index contributed by atoms with van der Waals surface area (Å²) >= 11 is 0. The lowest BCUT2D eigenvalue weighted by atomic mass is 9.88. The minimum Gasteiger partial charge on any atom is -0.375 e. The van der Waals surface area contributed by atoms with Crippen molar-refractivity contribution in [3.05, 3.63) is 47.3 Å². The lowest BCUT2D eigenvalue weighted by Gasteiger charge is -2.50. The number of anilines is 2. The Morgan fingerprint density at radius 1 is 1.21 bits per heavy atom. The van der Waals surface area contributed by atoms with E-state index in [4.69, 9.17) is 10.6 Å². The summed E-state index contributed by atoms with van der Waals surface area (Å²) in [5.74, 6) is 6.60. The van der Waals surface area contributed by atoms with Crippen molar-refractivity contribution in [2.75, 3.05) is 63.3 Å². The molecule has 2 N–H and O–H groups in total. The first-order chi connectivity index (χ1) is 20.5. The predicted octanol–water partition coefficient (Wildman–Crippen LogP) is 3.79. The number of hydrogen-bond acceptors (Lipinski definition) is 8. The van der Waals surface area contributed by atoms with Crippen molar-refractivity contribution < 1.29 is 14.3 Å². The maximum atomic E-state index is 13.7. The normalized spacial score (nSPS) is 22.4. The molecule has 3 aliphatic heterocycles. The molecule has 0 aromatic heterocycles. The molecule has 0 bridgehead atoms. The van der Waals surface area contributed by atoms with Gasteiger partial charge in [-0.25, -0.2) is 5.84 Å². The summed E-state index contributed by atoms with van der Waals surface area (Å²) < 4.78 is 6.30. The second kappa shape index (κ2) is 14.1. The highest BCUT2D eigenvalue weighted by Crippen LogP contribution is 2.34. The van der Waals surface area contributed by atoms with Gasteiger partial charge in [-0.05, 0) is 70.7 Å². The summed E-state index contributed by atoms with van der Waals surface area (Å²) in [6, 6.07) is 8.02. The van der Waals surface area contributed by atoms with Gasteiger partial charge in [-0.15, -0.1) is 0 Å². The molecule has 2 fully saturated rings. The number of allylic oxidation sites excluding steroid dienone is 1. The van der Waals surface area contributed by atoms with Gasteiger partial charge in [-0.3, -0.25) is 24.5 Å². The molecule has 236 valence electrons. The molecule has 10 nitrogen and oxygen atoms in total. The largest absolute Gasteiger partial charge is 0.375 e. The van der Waals surface area contributed by atoms with Crippen molar-refractivity contribution in [1.29, 1.82) is 0 Å². The number of hydrogen-bond donors (Lipinski definition) is 1. The number of piperidine rings is 1. The molecule has 1 atom stereocenters. The maximum absolute atomic E-state index is 13.7. The van der Waals surface area contributed by atoms with Crippen LogP contribution < -0.4 is 15.8 Å². The first kappa shape index (κ1) is 32.7. The third-order valence-electron chi connectivity index (χ3n) is 8.83. The van der Waals surface area contributed by atoms with Crippen LogP contribution in [0.25, 0.3) is 0 Å². The van der Waals surface area contributed by atoms with Crippen LogP contribution >= 0.6 is 0 Å². The second-order valence-electron chi connectivity index (χ2n) is 12.6. The standard InChI is InChI=1S/C33H51N7O3/c1-8-10-30-29(20-35-6)32(42)38(18-17-36(30)7)27-11-9-12-28(19-27)40(34)22-25(4)21-37-15-13-33(14-16-37)23-39(24(2)3)31(41)26(5)43-33/h9,11-12,19-20,22,24,26H,8,10,13-18,21,23,34H2,1-7H3/b25-22+,35-20-. The van der Waals surface area contributed by atoms with E-state index in [0.29, 0.717) is 18.7 Å². The van der Waals surface area contributed by atoms with Gasteiger partial charge >= 0.3 is 0 Å².